The topological polar surface area (TPSA) is 21.3 Å². The Bertz CT molecular complexity index is 186. The SMILES string of the molecule is CCCNCC(OCC1CCCCCC1)C(C)C. The van der Waals surface area contributed by atoms with Gasteiger partial charge >= 0.3 is 0 Å². The second-order valence-electron chi connectivity index (χ2n) is 6.18. The molecule has 1 aliphatic carbocycles. The van der Waals surface area contributed by atoms with E-state index in [1.165, 1.54) is 44.9 Å². The van der Waals surface area contributed by atoms with Crippen LogP contribution in [0.2, 0.25) is 0 Å². The number of nitrogens with one attached hydrogen (secondary N) is 1. The van der Waals surface area contributed by atoms with Crippen LogP contribution in [0, 0.1) is 11.8 Å². The molecule has 1 atom stereocenters. The highest BCUT2D eigenvalue weighted by Gasteiger charge is 2.17. The van der Waals surface area contributed by atoms with E-state index in [2.05, 4.69) is 26.1 Å². The first-order valence-electron chi connectivity index (χ1n) is 8.06. The Morgan fingerprint density at radius 1 is 1.11 bits per heavy atom. The van der Waals surface area contributed by atoms with Crippen molar-refractivity contribution in [3.63, 3.8) is 0 Å². The van der Waals surface area contributed by atoms with E-state index in [9.17, 15) is 0 Å². The zero-order chi connectivity index (χ0) is 13.2. The molecule has 108 valence electrons. The van der Waals surface area contributed by atoms with Gasteiger partial charge in [0.15, 0.2) is 0 Å². The van der Waals surface area contributed by atoms with Crippen molar-refractivity contribution in [3.05, 3.63) is 0 Å². The molecule has 0 aromatic carbocycles. The minimum absolute atomic E-state index is 0.389. The Hall–Kier alpha value is -0.0800. The quantitative estimate of drug-likeness (QED) is 0.523. The van der Waals surface area contributed by atoms with Crippen LogP contribution in [0.15, 0.2) is 0 Å². The third-order valence-electron chi connectivity index (χ3n) is 4.04. The van der Waals surface area contributed by atoms with Crippen LogP contribution in [0.25, 0.3) is 0 Å². The van der Waals surface area contributed by atoms with E-state index in [0.717, 1.165) is 25.6 Å². The maximum atomic E-state index is 6.18. The first-order chi connectivity index (χ1) is 8.74. The van der Waals surface area contributed by atoms with Crippen molar-refractivity contribution in [2.45, 2.75) is 71.8 Å². The lowest BCUT2D eigenvalue weighted by Gasteiger charge is -2.25. The molecule has 2 nitrogen and oxygen atoms in total. The third kappa shape index (κ3) is 6.75. The molecule has 0 radical (unpaired) electrons. The van der Waals surface area contributed by atoms with E-state index in [4.69, 9.17) is 4.74 Å². The first kappa shape index (κ1) is 16.0. The highest BCUT2D eigenvalue weighted by molar-refractivity contribution is 4.69. The highest BCUT2D eigenvalue weighted by atomic mass is 16.5. The molecule has 1 unspecified atom stereocenters. The zero-order valence-electron chi connectivity index (χ0n) is 12.7. The summed E-state index contributed by atoms with van der Waals surface area (Å²) in [6, 6.07) is 0. The van der Waals surface area contributed by atoms with Crippen molar-refractivity contribution in [2.75, 3.05) is 19.7 Å². The number of hydrogen-bond donors (Lipinski definition) is 1. The summed E-state index contributed by atoms with van der Waals surface area (Å²) in [5, 5.41) is 3.49. The van der Waals surface area contributed by atoms with Crippen molar-refractivity contribution in [1.82, 2.24) is 5.32 Å². The van der Waals surface area contributed by atoms with E-state index >= 15 is 0 Å². The monoisotopic (exact) mass is 255 g/mol. The maximum Gasteiger partial charge on any atom is 0.0722 e. The summed E-state index contributed by atoms with van der Waals surface area (Å²) >= 11 is 0. The van der Waals surface area contributed by atoms with Gasteiger partial charge in [0.05, 0.1) is 6.10 Å². The molecule has 2 heteroatoms. The van der Waals surface area contributed by atoms with Crippen LogP contribution in [0.3, 0.4) is 0 Å². The van der Waals surface area contributed by atoms with Gasteiger partial charge in [-0.1, -0.05) is 46.5 Å². The Labute approximate surface area is 114 Å². The molecular formula is C16H33NO. The molecule has 0 aromatic rings. The Morgan fingerprint density at radius 2 is 1.78 bits per heavy atom. The molecule has 1 aliphatic rings. The Morgan fingerprint density at radius 3 is 2.33 bits per heavy atom. The normalized spacial score (nSPS) is 20.0. The van der Waals surface area contributed by atoms with Gasteiger partial charge in [-0.05, 0) is 37.6 Å². The predicted molar refractivity (Wildman–Crippen MR) is 78.9 cm³/mol. The van der Waals surface area contributed by atoms with Crippen LogP contribution >= 0.6 is 0 Å². The van der Waals surface area contributed by atoms with E-state index in [0.29, 0.717) is 12.0 Å². The van der Waals surface area contributed by atoms with Gasteiger partial charge in [0.1, 0.15) is 0 Å². The number of ether oxygens (including phenoxy) is 1. The van der Waals surface area contributed by atoms with Crippen LogP contribution in [0.5, 0.6) is 0 Å². The molecular weight excluding hydrogens is 222 g/mol. The van der Waals surface area contributed by atoms with Crippen LogP contribution in [-0.4, -0.2) is 25.8 Å². The second-order valence-corrected chi connectivity index (χ2v) is 6.18. The van der Waals surface area contributed by atoms with Gasteiger partial charge < -0.3 is 10.1 Å². The van der Waals surface area contributed by atoms with Gasteiger partial charge in [-0.25, -0.2) is 0 Å². The largest absolute Gasteiger partial charge is 0.376 e. The Balaban J connectivity index is 2.22. The van der Waals surface area contributed by atoms with Crippen molar-refractivity contribution >= 4 is 0 Å². The molecule has 0 aromatic heterocycles. The summed E-state index contributed by atoms with van der Waals surface area (Å²) in [5.74, 6) is 1.43. The van der Waals surface area contributed by atoms with Crippen LogP contribution < -0.4 is 5.32 Å². The lowest BCUT2D eigenvalue weighted by molar-refractivity contribution is 0.000275. The van der Waals surface area contributed by atoms with Gasteiger partial charge in [-0.2, -0.15) is 0 Å². The molecule has 0 bridgehead atoms. The van der Waals surface area contributed by atoms with Crippen molar-refractivity contribution in [2.24, 2.45) is 11.8 Å². The average Bonchev–Trinajstić information content (AvgIpc) is 2.61. The molecule has 1 fully saturated rings. The molecule has 1 saturated carbocycles. The van der Waals surface area contributed by atoms with Crippen molar-refractivity contribution in [1.29, 1.82) is 0 Å². The number of hydrogen-bond acceptors (Lipinski definition) is 2. The molecule has 1 rings (SSSR count). The summed E-state index contributed by atoms with van der Waals surface area (Å²) in [7, 11) is 0. The average molecular weight is 255 g/mol. The fourth-order valence-corrected chi connectivity index (χ4v) is 2.70. The van der Waals surface area contributed by atoms with Crippen LogP contribution in [-0.2, 0) is 4.74 Å². The third-order valence-corrected chi connectivity index (χ3v) is 4.04. The molecule has 0 aliphatic heterocycles. The predicted octanol–water partition coefficient (Wildman–Crippen LogP) is 4.00. The second kappa shape index (κ2) is 9.80. The first-order valence-corrected chi connectivity index (χ1v) is 8.06. The molecule has 0 heterocycles. The smallest absolute Gasteiger partial charge is 0.0722 e. The zero-order valence-corrected chi connectivity index (χ0v) is 12.7. The fourth-order valence-electron chi connectivity index (χ4n) is 2.70. The summed E-state index contributed by atoms with van der Waals surface area (Å²) < 4.78 is 6.18. The highest BCUT2D eigenvalue weighted by Crippen LogP contribution is 2.23. The van der Waals surface area contributed by atoms with Crippen molar-refractivity contribution in [3.8, 4) is 0 Å². The molecule has 0 saturated heterocycles. The van der Waals surface area contributed by atoms with Gasteiger partial charge in [-0.15, -0.1) is 0 Å². The number of rotatable bonds is 8. The van der Waals surface area contributed by atoms with E-state index in [1.54, 1.807) is 0 Å². The maximum absolute atomic E-state index is 6.18. The van der Waals surface area contributed by atoms with Gasteiger partial charge in [0.2, 0.25) is 0 Å². The lowest BCUT2D eigenvalue weighted by atomic mass is 10.0. The van der Waals surface area contributed by atoms with Gasteiger partial charge in [0, 0.05) is 13.2 Å². The minimum Gasteiger partial charge on any atom is -0.376 e. The molecule has 1 N–H and O–H groups in total. The summed E-state index contributed by atoms with van der Waals surface area (Å²) in [5.41, 5.74) is 0. The van der Waals surface area contributed by atoms with Crippen LogP contribution in [0.1, 0.15) is 65.7 Å². The van der Waals surface area contributed by atoms with Gasteiger partial charge in [-0.3, -0.25) is 0 Å². The lowest BCUT2D eigenvalue weighted by Crippen LogP contribution is -2.34. The van der Waals surface area contributed by atoms with Crippen molar-refractivity contribution < 1.29 is 4.74 Å². The van der Waals surface area contributed by atoms with E-state index < -0.39 is 0 Å². The van der Waals surface area contributed by atoms with Crippen LogP contribution in [0.4, 0.5) is 0 Å². The van der Waals surface area contributed by atoms with Gasteiger partial charge in [0.25, 0.3) is 0 Å². The molecule has 0 spiro atoms. The molecule has 18 heavy (non-hydrogen) atoms. The minimum atomic E-state index is 0.389. The summed E-state index contributed by atoms with van der Waals surface area (Å²) in [6.07, 6.45) is 10.0. The fraction of sp³-hybridized carbons (Fsp3) is 1.00. The Kier molecular flexibility index (Phi) is 8.70. The molecule has 0 amide bonds. The van der Waals surface area contributed by atoms with E-state index in [-0.39, 0.29) is 0 Å². The summed E-state index contributed by atoms with van der Waals surface area (Å²) in [6.45, 7) is 9.85. The summed E-state index contributed by atoms with van der Waals surface area (Å²) in [4.78, 5) is 0. The van der Waals surface area contributed by atoms with E-state index in [1.807, 2.05) is 0 Å². The standard InChI is InChI=1S/C16H33NO/c1-4-11-17-12-16(14(2)3)18-13-15-9-7-5-6-8-10-15/h14-17H,4-13H2,1-3H3.